The summed E-state index contributed by atoms with van der Waals surface area (Å²) in [5, 5.41) is 0. The van der Waals surface area contributed by atoms with Crippen LogP contribution in [0.4, 0.5) is 0 Å². The molecule has 0 amide bonds. The third kappa shape index (κ3) is 1.94. The van der Waals surface area contributed by atoms with E-state index >= 15 is 0 Å². The van der Waals surface area contributed by atoms with Gasteiger partial charge in [0.15, 0.2) is 11.5 Å². The van der Waals surface area contributed by atoms with Crippen molar-refractivity contribution in [3.05, 3.63) is 23.8 Å². The van der Waals surface area contributed by atoms with Crippen molar-refractivity contribution in [2.75, 3.05) is 14.2 Å². The molecular formula is C13H18O2. The van der Waals surface area contributed by atoms with Gasteiger partial charge >= 0.3 is 0 Å². The fraction of sp³-hybridized carbons (Fsp3) is 0.538. The molecule has 2 rings (SSSR count). The summed E-state index contributed by atoms with van der Waals surface area (Å²) in [7, 11) is 3.39. The summed E-state index contributed by atoms with van der Waals surface area (Å²) in [4.78, 5) is 0. The van der Waals surface area contributed by atoms with E-state index in [4.69, 9.17) is 9.47 Å². The first-order valence-corrected chi connectivity index (χ1v) is 5.48. The zero-order valence-corrected chi connectivity index (χ0v) is 9.62. The summed E-state index contributed by atoms with van der Waals surface area (Å²) in [5.74, 6) is 3.16. The minimum absolute atomic E-state index is 0.579. The predicted molar refractivity (Wildman–Crippen MR) is 60.7 cm³/mol. The van der Waals surface area contributed by atoms with E-state index in [2.05, 4.69) is 13.0 Å². The van der Waals surface area contributed by atoms with Crippen molar-refractivity contribution in [1.82, 2.24) is 0 Å². The third-order valence-corrected chi connectivity index (χ3v) is 3.25. The van der Waals surface area contributed by atoms with Crippen LogP contribution in [0.15, 0.2) is 18.2 Å². The van der Waals surface area contributed by atoms with E-state index < -0.39 is 0 Å². The van der Waals surface area contributed by atoms with Gasteiger partial charge in [0.1, 0.15) is 0 Å². The van der Waals surface area contributed by atoms with Crippen LogP contribution in [0.1, 0.15) is 31.2 Å². The molecule has 0 saturated heterocycles. The molecule has 0 heterocycles. The summed E-state index contributed by atoms with van der Waals surface area (Å²) in [5.41, 5.74) is 1.28. The van der Waals surface area contributed by atoms with Crippen molar-refractivity contribution in [3.63, 3.8) is 0 Å². The van der Waals surface area contributed by atoms with Crippen LogP contribution in [0.2, 0.25) is 0 Å². The minimum atomic E-state index is 0.579. The fourth-order valence-corrected chi connectivity index (χ4v) is 2.12. The molecular weight excluding hydrogens is 188 g/mol. The van der Waals surface area contributed by atoms with Crippen LogP contribution in [0.5, 0.6) is 11.5 Å². The number of hydrogen-bond acceptors (Lipinski definition) is 2. The number of benzene rings is 1. The van der Waals surface area contributed by atoms with Gasteiger partial charge in [-0.05, 0) is 30.7 Å². The van der Waals surface area contributed by atoms with Crippen LogP contribution in [-0.4, -0.2) is 14.2 Å². The Balaban J connectivity index is 2.35. The average molecular weight is 206 g/mol. The number of hydrogen-bond donors (Lipinski definition) is 0. The lowest BCUT2D eigenvalue weighted by atomic mass is 9.95. The van der Waals surface area contributed by atoms with Crippen LogP contribution in [0, 0.1) is 5.92 Å². The predicted octanol–water partition coefficient (Wildman–Crippen LogP) is 3.22. The Morgan fingerprint density at radius 1 is 1.20 bits per heavy atom. The average Bonchev–Trinajstić information content (AvgIpc) is 3.10. The van der Waals surface area contributed by atoms with Gasteiger partial charge < -0.3 is 9.47 Å². The molecule has 0 radical (unpaired) electrons. The Morgan fingerprint density at radius 3 is 2.47 bits per heavy atom. The van der Waals surface area contributed by atoms with Gasteiger partial charge in [0, 0.05) is 5.56 Å². The topological polar surface area (TPSA) is 18.5 Å². The Labute approximate surface area is 91.2 Å². The molecule has 0 N–H and O–H groups in total. The highest BCUT2D eigenvalue weighted by Crippen LogP contribution is 2.46. The van der Waals surface area contributed by atoms with E-state index in [1.807, 2.05) is 12.1 Å². The van der Waals surface area contributed by atoms with E-state index in [0.29, 0.717) is 5.92 Å². The van der Waals surface area contributed by atoms with Crippen LogP contribution in [0.25, 0.3) is 0 Å². The van der Waals surface area contributed by atoms with E-state index in [9.17, 15) is 0 Å². The molecule has 2 heteroatoms. The molecule has 82 valence electrons. The molecule has 0 unspecified atom stereocenters. The largest absolute Gasteiger partial charge is 0.493 e. The van der Waals surface area contributed by atoms with Gasteiger partial charge in [-0.2, -0.15) is 0 Å². The summed E-state index contributed by atoms with van der Waals surface area (Å²) in [6, 6.07) is 6.13. The second kappa shape index (κ2) is 4.13. The van der Waals surface area contributed by atoms with Gasteiger partial charge in [0.2, 0.25) is 0 Å². The molecule has 1 aliphatic carbocycles. The van der Waals surface area contributed by atoms with Crippen LogP contribution in [0.3, 0.4) is 0 Å². The lowest BCUT2D eigenvalue weighted by Crippen LogP contribution is -2.01. The first-order chi connectivity index (χ1) is 7.27. The highest BCUT2D eigenvalue weighted by atomic mass is 16.5. The first kappa shape index (κ1) is 10.3. The zero-order valence-electron chi connectivity index (χ0n) is 9.62. The molecule has 0 aliphatic heterocycles. The lowest BCUT2D eigenvalue weighted by molar-refractivity contribution is 0.348. The van der Waals surface area contributed by atoms with Gasteiger partial charge in [-0.3, -0.25) is 0 Å². The van der Waals surface area contributed by atoms with E-state index in [-0.39, 0.29) is 0 Å². The molecule has 0 bridgehead atoms. The Hall–Kier alpha value is -1.18. The molecule has 1 atom stereocenters. The second-order valence-corrected chi connectivity index (χ2v) is 4.21. The minimum Gasteiger partial charge on any atom is -0.493 e. The van der Waals surface area contributed by atoms with E-state index in [1.165, 1.54) is 18.4 Å². The normalized spacial score (nSPS) is 17.3. The number of methoxy groups -OCH3 is 2. The molecule has 0 spiro atoms. The maximum atomic E-state index is 5.44. The van der Waals surface area contributed by atoms with Crippen molar-refractivity contribution in [3.8, 4) is 11.5 Å². The number of rotatable bonds is 4. The van der Waals surface area contributed by atoms with Gasteiger partial charge in [0.25, 0.3) is 0 Å². The van der Waals surface area contributed by atoms with Gasteiger partial charge in [-0.15, -0.1) is 0 Å². The molecule has 2 nitrogen and oxygen atoms in total. The van der Waals surface area contributed by atoms with E-state index in [0.717, 1.165) is 17.4 Å². The monoisotopic (exact) mass is 206 g/mol. The number of para-hydroxylation sites is 1. The quantitative estimate of drug-likeness (QED) is 0.753. The fourth-order valence-electron chi connectivity index (χ4n) is 2.12. The van der Waals surface area contributed by atoms with E-state index in [1.54, 1.807) is 14.2 Å². The molecule has 1 aromatic rings. The van der Waals surface area contributed by atoms with Crippen molar-refractivity contribution in [2.24, 2.45) is 5.92 Å². The second-order valence-electron chi connectivity index (χ2n) is 4.21. The van der Waals surface area contributed by atoms with Crippen LogP contribution < -0.4 is 9.47 Å². The maximum Gasteiger partial charge on any atom is 0.164 e. The van der Waals surface area contributed by atoms with Crippen LogP contribution in [-0.2, 0) is 0 Å². The molecule has 15 heavy (non-hydrogen) atoms. The van der Waals surface area contributed by atoms with Crippen molar-refractivity contribution < 1.29 is 9.47 Å². The maximum absolute atomic E-state index is 5.44. The molecule has 1 fully saturated rings. The Bertz CT molecular complexity index is 342. The molecule has 1 aromatic carbocycles. The Kier molecular flexibility index (Phi) is 2.85. The van der Waals surface area contributed by atoms with Crippen LogP contribution >= 0.6 is 0 Å². The highest BCUT2D eigenvalue weighted by molar-refractivity contribution is 5.48. The van der Waals surface area contributed by atoms with Crippen molar-refractivity contribution in [2.45, 2.75) is 25.7 Å². The standard InChI is InChI=1S/C13H18O2/c1-9(10-7-8-10)11-5-4-6-12(14-2)13(11)15-3/h4-6,9-10H,7-8H2,1-3H3/t9-/m0/s1. The highest BCUT2D eigenvalue weighted by Gasteiger charge is 2.31. The summed E-state index contributed by atoms with van der Waals surface area (Å²) in [6.45, 7) is 2.27. The zero-order chi connectivity index (χ0) is 10.8. The van der Waals surface area contributed by atoms with Gasteiger partial charge in [0.05, 0.1) is 14.2 Å². The third-order valence-electron chi connectivity index (χ3n) is 3.25. The number of ether oxygens (including phenoxy) is 2. The van der Waals surface area contributed by atoms with Crippen molar-refractivity contribution >= 4 is 0 Å². The summed E-state index contributed by atoms with van der Waals surface area (Å²) >= 11 is 0. The SMILES string of the molecule is COc1cccc([C@@H](C)C2CC2)c1OC. The lowest BCUT2D eigenvalue weighted by Gasteiger charge is -2.17. The Morgan fingerprint density at radius 2 is 1.93 bits per heavy atom. The molecule has 1 saturated carbocycles. The van der Waals surface area contributed by atoms with Gasteiger partial charge in [-0.1, -0.05) is 19.1 Å². The first-order valence-electron chi connectivity index (χ1n) is 5.48. The molecule has 1 aliphatic rings. The van der Waals surface area contributed by atoms with Crippen molar-refractivity contribution in [1.29, 1.82) is 0 Å². The smallest absolute Gasteiger partial charge is 0.164 e. The summed E-state index contributed by atoms with van der Waals surface area (Å²) < 4.78 is 10.7. The molecule has 0 aromatic heterocycles. The van der Waals surface area contributed by atoms with Gasteiger partial charge in [-0.25, -0.2) is 0 Å². The summed E-state index contributed by atoms with van der Waals surface area (Å²) in [6.07, 6.45) is 2.70.